The molecule has 0 aliphatic carbocycles. The van der Waals surface area contributed by atoms with Crippen LogP contribution in [-0.4, -0.2) is 36.6 Å². The third-order valence-electron chi connectivity index (χ3n) is 3.28. The van der Waals surface area contributed by atoms with Crippen LogP contribution < -0.4 is 5.73 Å². The largest absolute Gasteiger partial charge is 0.364 e. The number of amides is 1. The van der Waals surface area contributed by atoms with Crippen LogP contribution in [0.3, 0.4) is 0 Å². The van der Waals surface area contributed by atoms with Gasteiger partial charge in [-0.1, -0.05) is 30.3 Å². The van der Waals surface area contributed by atoms with Gasteiger partial charge in [-0.2, -0.15) is 0 Å². The summed E-state index contributed by atoms with van der Waals surface area (Å²) in [4.78, 5) is 13.9. The highest BCUT2D eigenvalue weighted by Crippen LogP contribution is 2.20. The van der Waals surface area contributed by atoms with E-state index in [1.165, 1.54) is 0 Å². The van der Waals surface area contributed by atoms with Gasteiger partial charge < -0.3 is 15.4 Å². The molecule has 4 heteroatoms. The van der Waals surface area contributed by atoms with Gasteiger partial charge in [0.15, 0.2) is 0 Å². The summed E-state index contributed by atoms with van der Waals surface area (Å²) in [5, 5.41) is 0. The van der Waals surface area contributed by atoms with Crippen LogP contribution in [0.2, 0.25) is 0 Å². The third kappa shape index (κ3) is 3.09. The van der Waals surface area contributed by atoms with Gasteiger partial charge >= 0.3 is 0 Å². The fraction of sp³-hybridized carbons (Fsp3) is 0.500. The van der Waals surface area contributed by atoms with E-state index in [-0.39, 0.29) is 18.1 Å². The smallest absolute Gasteiger partial charge is 0.251 e. The van der Waals surface area contributed by atoms with Crippen molar-refractivity contribution in [3.8, 4) is 0 Å². The van der Waals surface area contributed by atoms with E-state index in [1.54, 1.807) is 4.90 Å². The summed E-state index contributed by atoms with van der Waals surface area (Å²) >= 11 is 0. The number of nitrogens with zero attached hydrogens (tertiary/aromatic N) is 1. The minimum Gasteiger partial charge on any atom is -0.364 e. The van der Waals surface area contributed by atoms with Crippen LogP contribution in [0, 0.1) is 0 Å². The molecule has 0 saturated carbocycles. The molecule has 2 rings (SSSR count). The number of rotatable bonds is 4. The van der Waals surface area contributed by atoms with Crippen LogP contribution in [0.1, 0.15) is 18.4 Å². The van der Waals surface area contributed by atoms with Crippen LogP contribution in [0.5, 0.6) is 0 Å². The molecule has 1 heterocycles. The zero-order chi connectivity index (χ0) is 13.0. The Kier molecular flexibility index (Phi) is 4.33. The van der Waals surface area contributed by atoms with Crippen LogP contribution in [0.15, 0.2) is 30.3 Å². The monoisotopic (exact) mass is 248 g/mol. The highest BCUT2D eigenvalue weighted by atomic mass is 16.5. The molecular weight excluding hydrogens is 228 g/mol. The van der Waals surface area contributed by atoms with E-state index in [0.29, 0.717) is 13.1 Å². The Balaban J connectivity index is 1.89. The van der Waals surface area contributed by atoms with E-state index in [1.807, 2.05) is 37.4 Å². The van der Waals surface area contributed by atoms with Crippen LogP contribution in [0.25, 0.3) is 0 Å². The highest BCUT2D eigenvalue weighted by Gasteiger charge is 2.31. The van der Waals surface area contributed by atoms with Gasteiger partial charge in [0.25, 0.3) is 5.91 Å². The Morgan fingerprint density at radius 2 is 2.11 bits per heavy atom. The molecule has 4 nitrogen and oxygen atoms in total. The van der Waals surface area contributed by atoms with E-state index in [9.17, 15) is 4.79 Å². The predicted molar refractivity (Wildman–Crippen MR) is 69.9 cm³/mol. The first kappa shape index (κ1) is 13.1. The lowest BCUT2D eigenvalue weighted by Gasteiger charge is -2.21. The topological polar surface area (TPSA) is 55.6 Å². The molecule has 1 saturated heterocycles. The summed E-state index contributed by atoms with van der Waals surface area (Å²) < 4.78 is 5.61. The highest BCUT2D eigenvalue weighted by molar-refractivity contribution is 5.80. The number of likely N-dealkylation sites (N-methyl/N-ethyl adjacent to an activating group) is 1. The molecule has 1 aromatic rings. The summed E-state index contributed by atoms with van der Waals surface area (Å²) in [6, 6.07) is 9.95. The molecule has 1 aliphatic rings. The van der Waals surface area contributed by atoms with E-state index < -0.39 is 0 Å². The number of ether oxygens (including phenoxy) is 1. The molecule has 1 aliphatic heterocycles. The summed E-state index contributed by atoms with van der Waals surface area (Å²) in [6.45, 7) is 1.11. The average Bonchev–Trinajstić information content (AvgIpc) is 2.87. The van der Waals surface area contributed by atoms with Crippen molar-refractivity contribution in [2.24, 2.45) is 5.73 Å². The summed E-state index contributed by atoms with van der Waals surface area (Å²) in [5.74, 6) is 0.0507. The minimum atomic E-state index is -0.313. The molecule has 0 radical (unpaired) electrons. The first-order valence-corrected chi connectivity index (χ1v) is 6.35. The molecule has 98 valence electrons. The molecule has 0 bridgehead atoms. The van der Waals surface area contributed by atoms with Crippen molar-refractivity contribution in [2.75, 3.05) is 13.6 Å². The number of hydrogen-bond acceptors (Lipinski definition) is 3. The van der Waals surface area contributed by atoms with Crippen LogP contribution in [-0.2, 0) is 16.1 Å². The third-order valence-corrected chi connectivity index (χ3v) is 3.28. The predicted octanol–water partition coefficient (Wildman–Crippen LogP) is 1.15. The summed E-state index contributed by atoms with van der Waals surface area (Å²) in [7, 11) is 1.81. The Morgan fingerprint density at radius 3 is 2.72 bits per heavy atom. The Bertz CT molecular complexity index is 394. The van der Waals surface area contributed by atoms with E-state index >= 15 is 0 Å². The van der Waals surface area contributed by atoms with Crippen molar-refractivity contribution in [3.63, 3.8) is 0 Å². The normalized spacial score (nSPS) is 23.0. The van der Waals surface area contributed by atoms with Crippen molar-refractivity contribution in [1.82, 2.24) is 4.90 Å². The lowest BCUT2D eigenvalue weighted by Crippen LogP contribution is -2.36. The molecule has 2 N–H and O–H groups in total. The minimum absolute atomic E-state index is 0.0454. The van der Waals surface area contributed by atoms with Crippen LogP contribution >= 0.6 is 0 Å². The van der Waals surface area contributed by atoms with E-state index in [4.69, 9.17) is 10.5 Å². The number of nitrogens with two attached hydrogens (primary N) is 1. The molecular formula is C14H20N2O2. The second-order valence-electron chi connectivity index (χ2n) is 4.74. The van der Waals surface area contributed by atoms with Gasteiger partial charge in [0.05, 0.1) is 6.10 Å². The molecule has 18 heavy (non-hydrogen) atoms. The van der Waals surface area contributed by atoms with Gasteiger partial charge in [0.2, 0.25) is 0 Å². The van der Waals surface area contributed by atoms with Crippen molar-refractivity contribution in [2.45, 2.75) is 31.6 Å². The van der Waals surface area contributed by atoms with Crippen molar-refractivity contribution in [1.29, 1.82) is 0 Å². The van der Waals surface area contributed by atoms with Gasteiger partial charge in [0, 0.05) is 20.1 Å². The fourth-order valence-electron chi connectivity index (χ4n) is 2.24. The first-order chi connectivity index (χ1) is 8.70. The number of carbonyl (C=O) groups excluding carboxylic acids is 1. The molecule has 0 unspecified atom stereocenters. The molecule has 0 aromatic heterocycles. The molecule has 2 atom stereocenters. The van der Waals surface area contributed by atoms with Gasteiger partial charge in [-0.25, -0.2) is 0 Å². The van der Waals surface area contributed by atoms with Gasteiger partial charge in [-0.15, -0.1) is 0 Å². The lowest BCUT2D eigenvalue weighted by atomic mass is 10.1. The Hall–Kier alpha value is -1.39. The van der Waals surface area contributed by atoms with Crippen molar-refractivity contribution >= 4 is 5.91 Å². The van der Waals surface area contributed by atoms with Crippen LogP contribution in [0.4, 0.5) is 0 Å². The molecule has 1 amide bonds. The summed E-state index contributed by atoms with van der Waals surface area (Å²) in [5.41, 5.74) is 6.67. The number of carbonyl (C=O) groups is 1. The van der Waals surface area contributed by atoms with Gasteiger partial charge in [-0.3, -0.25) is 4.79 Å². The van der Waals surface area contributed by atoms with Gasteiger partial charge in [-0.05, 0) is 18.4 Å². The first-order valence-electron chi connectivity index (χ1n) is 6.35. The Labute approximate surface area is 108 Å². The maximum Gasteiger partial charge on any atom is 0.251 e. The number of benzene rings is 1. The standard InChI is InChI=1S/C14H20N2O2/c1-16(10-11-5-3-2-4-6-11)14(17)13-8-7-12(9-15)18-13/h2-6,12-13H,7-10,15H2,1H3/t12-,13+/m1/s1. The SMILES string of the molecule is CN(Cc1ccccc1)C(=O)[C@@H]1CC[C@H](CN)O1. The average molecular weight is 248 g/mol. The summed E-state index contributed by atoms with van der Waals surface area (Å²) in [6.07, 6.45) is 1.39. The zero-order valence-electron chi connectivity index (χ0n) is 10.7. The van der Waals surface area contributed by atoms with E-state index in [0.717, 1.165) is 18.4 Å². The lowest BCUT2D eigenvalue weighted by molar-refractivity contribution is -0.141. The maximum atomic E-state index is 12.2. The quantitative estimate of drug-likeness (QED) is 0.869. The van der Waals surface area contributed by atoms with Crippen molar-refractivity contribution < 1.29 is 9.53 Å². The van der Waals surface area contributed by atoms with E-state index in [2.05, 4.69) is 0 Å². The molecule has 0 spiro atoms. The zero-order valence-corrected chi connectivity index (χ0v) is 10.7. The van der Waals surface area contributed by atoms with Gasteiger partial charge in [0.1, 0.15) is 6.10 Å². The molecule has 1 fully saturated rings. The molecule has 1 aromatic carbocycles. The number of hydrogen-bond donors (Lipinski definition) is 1. The fourth-order valence-corrected chi connectivity index (χ4v) is 2.24. The second-order valence-corrected chi connectivity index (χ2v) is 4.74. The van der Waals surface area contributed by atoms with Crippen molar-refractivity contribution in [3.05, 3.63) is 35.9 Å². The second kappa shape index (κ2) is 5.98. The maximum absolute atomic E-state index is 12.2. The Morgan fingerprint density at radius 1 is 1.39 bits per heavy atom.